The van der Waals surface area contributed by atoms with Gasteiger partial charge in [-0.25, -0.2) is 5.06 Å². The van der Waals surface area contributed by atoms with E-state index in [4.69, 9.17) is 5.73 Å². The molecule has 1 aromatic heterocycles. The van der Waals surface area contributed by atoms with Crippen molar-refractivity contribution in [1.82, 2.24) is 9.63 Å². The van der Waals surface area contributed by atoms with Crippen molar-refractivity contribution in [2.45, 2.75) is 38.8 Å². The molecule has 5 heteroatoms. The van der Waals surface area contributed by atoms with Gasteiger partial charge in [0.2, 0.25) is 5.91 Å². The predicted molar refractivity (Wildman–Crippen MR) is 88.4 cm³/mol. The van der Waals surface area contributed by atoms with E-state index in [0.717, 1.165) is 5.57 Å². The smallest absolute Gasteiger partial charge is 0.250 e. The summed E-state index contributed by atoms with van der Waals surface area (Å²) in [7, 11) is 0. The average Bonchev–Trinajstić information content (AvgIpc) is 2.97. The lowest BCUT2D eigenvalue weighted by Crippen LogP contribution is -2.67. The van der Waals surface area contributed by atoms with E-state index in [1.807, 2.05) is 44.2 Å². The lowest BCUT2D eigenvalue weighted by atomic mass is 9.67. The number of aromatic nitrogens is 1. The Bertz CT molecular complexity index is 738. The fourth-order valence-electron chi connectivity index (χ4n) is 3.64. The number of amides is 1. The monoisotopic (exact) mass is 313 g/mol. The number of hydrogen-bond acceptors (Lipinski definition) is 3. The molecule has 1 amide bonds. The first-order chi connectivity index (χ1) is 10.6. The summed E-state index contributed by atoms with van der Waals surface area (Å²) in [5.41, 5.74) is 4.99. The van der Waals surface area contributed by atoms with Gasteiger partial charge >= 0.3 is 0 Å². The fraction of sp³-hybridized carbons (Fsp3) is 0.389. The molecule has 0 saturated carbocycles. The van der Waals surface area contributed by atoms with Crippen molar-refractivity contribution >= 4 is 5.91 Å². The second-order valence-electron chi connectivity index (χ2n) is 7.28. The van der Waals surface area contributed by atoms with Crippen molar-refractivity contribution < 1.29 is 10.0 Å². The molecule has 3 rings (SSSR count). The molecule has 5 nitrogen and oxygen atoms in total. The van der Waals surface area contributed by atoms with Gasteiger partial charge in [0.25, 0.3) is 0 Å². The number of allylic oxidation sites excluding steroid dienone is 4. The first-order valence-corrected chi connectivity index (χ1v) is 7.70. The van der Waals surface area contributed by atoms with E-state index >= 15 is 0 Å². The SMILES string of the molecule is CC1(C)C=CC=C2C1=CC(C(N)=O)(n1cccc1)C(C)(C)N2O. The minimum Gasteiger partial charge on any atom is -0.367 e. The molecule has 3 N–H and O–H groups in total. The Hall–Kier alpha value is -2.27. The lowest BCUT2D eigenvalue weighted by molar-refractivity contribution is -0.175. The summed E-state index contributed by atoms with van der Waals surface area (Å²) in [6.45, 7) is 7.74. The molecule has 23 heavy (non-hydrogen) atoms. The van der Waals surface area contributed by atoms with Crippen LogP contribution in [0.3, 0.4) is 0 Å². The van der Waals surface area contributed by atoms with Crippen LogP contribution < -0.4 is 5.73 Å². The highest BCUT2D eigenvalue weighted by atomic mass is 16.5. The van der Waals surface area contributed by atoms with E-state index < -0.39 is 17.0 Å². The van der Waals surface area contributed by atoms with Crippen LogP contribution in [0, 0.1) is 5.41 Å². The number of carbonyl (C=O) groups is 1. The van der Waals surface area contributed by atoms with Crippen molar-refractivity contribution in [1.29, 1.82) is 0 Å². The molecule has 0 spiro atoms. The summed E-state index contributed by atoms with van der Waals surface area (Å²) >= 11 is 0. The van der Waals surface area contributed by atoms with Crippen LogP contribution in [0.5, 0.6) is 0 Å². The van der Waals surface area contributed by atoms with Crippen LogP contribution >= 0.6 is 0 Å². The van der Waals surface area contributed by atoms with Gasteiger partial charge in [-0.05, 0) is 43.7 Å². The third-order valence-electron chi connectivity index (χ3n) is 5.17. The van der Waals surface area contributed by atoms with Gasteiger partial charge in [0.15, 0.2) is 5.54 Å². The zero-order chi connectivity index (χ0) is 17.0. The Labute approximate surface area is 136 Å². The predicted octanol–water partition coefficient (Wildman–Crippen LogP) is 2.56. The highest BCUT2D eigenvalue weighted by Gasteiger charge is 2.58. The van der Waals surface area contributed by atoms with Crippen LogP contribution in [0.25, 0.3) is 0 Å². The summed E-state index contributed by atoms with van der Waals surface area (Å²) in [5.74, 6) is -0.505. The third kappa shape index (κ3) is 1.86. The molecule has 0 bridgehead atoms. The number of hydrogen-bond donors (Lipinski definition) is 2. The Morgan fingerprint density at radius 2 is 1.78 bits per heavy atom. The molecule has 1 aliphatic heterocycles. The molecule has 122 valence electrons. The highest BCUT2D eigenvalue weighted by molar-refractivity contribution is 5.88. The van der Waals surface area contributed by atoms with Crippen LogP contribution in [0.1, 0.15) is 27.7 Å². The summed E-state index contributed by atoms with van der Waals surface area (Å²) in [6.07, 6.45) is 11.4. The van der Waals surface area contributed by atoms with E-state index in [9.17, 15) is 10.0 Å². The van der Waals surface area contributed by atoms with Crippen molar-refractivity contribution in [3.8, 4) is 0 Å². The number of hydroxylamine groups is 2. The number of nitrogens with two attached hydrogens (primary N) is 1. The van der Waals surface area contributed by atoms with Gasteiger partial charge < -0.3 is 10.3 Å². The van der Waals surface area contributed by atoms with Gasteiger partial charge in [0.1, 0.15) is 0 Å². The highest BCUT2D eigenvalue weighted by Crippen LogP contribution is 2.50. The van der Waals surface area contributed by atoms with E-state index in [2.05, 4.69) is 19.9 Å². The molecule has 0 fully saturated rings. The van der Waals surface area contributed by atoms with Crippen LogP contribution in [-0.2, 0) is 10.3 Å². The Morgan fingerprint density at radius 1 is 1.17 bits per heavy atom. The van der Waals surface area contributed by atoms with Crippen LogP contribution in [0.4, 0.5) is 0 Å². The van der Waals surface area contributed by atoms with Gasteiger partial charge in [0.05, 0.1) is 11.2 Å². The molecule has 1 atom stereocenters. The number of primary amides is 1. The normalized spacial score (nSPS) is 28.0. The molecule has 1 aromatic rings. The van der Waals surface area contributed by atoms with Gasteiger partial charge in [-0.3, -0.25) is 10.0 Å². The quantitative estimate of drug-likeness (QED) is 0.881. The Balaban J connectivity index is 2.38. The first kappa shape index (κ1) is 15.6. The maximum Gasteiger partial charge on any atom is 0.250 e. The van der Waals surface area contributed by atoms with Crippen molar-refractivity contribution in [2.75, 3.05) is 0 Å². The zero-order valence-electron chi connectivity index (χ0n) is 13.9. The third-order valence-corrected chi connectivity index (χ3v) is 5.17. The Morgan fingerprint density at radius 3 is 2.35 bits per heavy atom. The summed E-state index contributed by atoms with van der Waals surface area (Å²) < 4.78 is 1.77. The molecule has 0 aromatic carbocycles. The second-order valence-corrected chi connectivity index (χ2v) is 7.28. The first-order valence-electron chi connectivity index (χ1n) is 7.70. The molecule has 0 saturated heterocycles. The van der Waals surface area contributed by atoms with E-state index in [1.165, 1.54) is 5.06 Å². The number of nitrogens with zero attached hydrogens (tertiary/aromatic N) is 2. The van der Waals surface area contributed by atoms with Crippen molar-refractivity contribution in [3.63, 3.8) is 0 Å². The summed E-state index contributed by atoms with van der Waals surface area (Å²) in [5, 5.41) is 12.1. The lowest BCUT2D eigenvalue weighted by Gasteiger charge is -2.54. The topological polar surface area (TPSA) is 71.5 Å². The molecule has 2 heterocycles. The van der Waals surface area contributed by atoms with E-state index in [-0.39, 0.29) is 5.41 Å². The largest absolute Gasteiger partial charge is 0.367 e. The van der Waals surface area contributed by atoms with Crippen molar-refractivity contribution in [3.05, 3.63) is 60.1 Å². The van der Waals surface area contributed by atoms with Gasteiger partial charge in [-0.15, -0.1) is 0 Å². The van der Waals surface area contributed by atoms with Gasteiger partial charge in [0, 0.05) is 17.8 Å². The van der Waals surface area contributed by atoms with Crippen LogP contribution in [0.2, 0.25) is 0 Å². The minimum absolute atomic E-state index is 0.310. The van der Waals surface area contributed by atoms with Gasteiger partial charge in [-0.1, -0.05) is 26.0 Å². The molecule has 1 aliphatic carbocycles. The molecule has 2 aliphatic rings. The number of fused-ring (bicyclic) bond motifs is 1. The maximum absolute atomic E-state index is 12.6. The molecular weight excluding hydrogens is 290 g/mol. The van der Waals surface area contributed by atoms with Crippen LogP contribution in [-0.4, -0.2) is 26.3 Å². The molecular formula is C18H23N3O2. The average molecular weight is 313 g/mol. The van der Waals surface area contributed by atoms with Gasteiger partial charge in [-0.2, -0.15) is 0 Å². The molecule has 1 unspecified atom stereocenters. The fourth-order valence-corrected chi connectivity index (χ4v) is 3.64. The molecule has 0 radical (unpaired) electrons. The minimum atomic E-state index is -1.19. The maximum atomic E-state index is 12.6. The van der Waals surface area contributed by atoms with Crippen LogP contribution in [0.15, 0.2) is 60.1 Å². The second kappa shape index (κ2) is 4.61. The van der Waals surface area contributed by atoms with Crippen molar-refractivity contribution in [2.24, 2.45) is 11.1 Å². The number of carbonyl (C=O) groups excluding carboxylic acids is 1. The standard InChI is InChI=1S/C18H23N3O2/c1-16(2)9-7-8-14-13(16)12-18(15(19)22,17(3,4)21(14)23)20-10-5-6-11-20/h5-12,23H,1-4H3,(H2,19,22). The zero-order valence-corrected chi connectivity index (χ0v) is 13.9. The van der Waals surface area contributed by atoms with E-state index in [1.54, 1.807) is 17.0 Å². The van der Waals surface area contributed by atoms with E-state index in [0.29, 0.717) is 5.70 Å². The Kier molecular flexibility index (Phi) is 3.13. The number of rotatable bonds is 2. The summed E-state index contributed by atoms with van der Waals surface area (Å²) in [4.78, 5) is 12.6. The summed E-state index contributed by atoms with van der Waals surface area (Å²) in [6, 6.07) is 3.69.